The molecule has 1 aliphatic rings. The average molecular weight is 288 g/mol. The fourth-order valence-electron chi connectivity index (χ4n) is 2.43. The molecule has 3 rings (SSSR count). The van der Waals surface area contributed by atoms with Gasteiger partial charge in [-0.15, -0.1) is 5.10 Å². The second-order valence-corrected chi connectivity index (χ2v) is 6.09. The maximum absolute atomic E-state index is 12.6. The molecule has 5 nitrogen and oxygen atoms in total. The molecule has 0 radical (unpaired) electrons. The molecule has 0 saturated heterocycles. The van der Waals surface area contributed by atoms with Crippen LogP contribution in [0.15, 0.2) is 18.2 Å². The molecule has 0 fully saturated rings. The van der Waals surface area contributed by atoms with Crippen LogP contribution >= 0.6 is 11.5 Å². The van der Waals surface area contributed by atoms with Gasteiger partial charge in [0.05, 0.1) is 5.69 Å². The van der Waals surface area contributed by atoms with Gasteiger partial charge in [0.1, 0.15) is 4.88 Å². The first-order chi connectivity index (χ1) is 9.56. The molecular weight excluding hydrogens is 272 g/mol. The summed E-state index contributed by atoms with van der Waals surface area (Å²) in [4.78, 5) is 15.1. The zero-order chi connectivity index (χ0) is 14.3. The number of nitrogens with zero attached hydrogens (tertiary/aromatic N) is 3. The minimum absolute atomic E-state index is 0.0125. The Morgan fingerprint density at radius 3 is 2.85 bits per heavy atom. The lowest BCUT2D eigenvalue weighted by atomic mass is 10.1. The van der Waals surface area contributed by atoms with Crippen molar-refractivity contribution in [3.8, 4) is 0 Å². The van der Waals surface area contributed by atoms with Crippen molar-refractivity contribution in [2.45, 2.75) is 32.9 Å². The van der Waals surface area contributed by atoms with Crippen LogP contribution in [-0.2, 0) is 13.1 Å². The Morgan fingerprint density at radius 2 is 2.10 bits per heavy atom. The topological polar surface area (TPSA) is 72.1 Å². The first kappa shape index (κ1) is 13.1. The van der Waals surface area contributed by atoms with Crippen molar-refractivity contribution < 1.29 is 4.79 Å². The number of aromatic nitrogens is 2. The van der Waals surface area contributed by atoms with E-state index in [1.807, 2.05) is 36.9 Å². The molecule has 1 aromatic carbocycles. The minimum Gasteiger partial charge on any atom is -0.399 e. The van der Waals surface area contributed by atoms with Crippen LogP contribution in [-0.4, -0.2) is 20.4 Å². The Balaban J connectivity index is 1.85. The van der Waals surface area contributed by atoms with Crippen molar-refractivity contribution in [1.82, 2.24) is 14.5 Å². The van der Waals surface area contributed by atoms with Crippen LogP contribution in [0.5, 0.6) is 0 Å². The number of carbonyl (C=O) groups excluding carboxylic acids is 1. The predicted octanol–water partition coefficient (Wildman–Crippen LogP) is 2.40. The van der Waals surface area contributed by atoms with Gasteiger partial charge < -0.3 is 10.6 Å². The summed E-state index contributed by atoms with van der Waals surface area (Å²) in [7, 11) is 0. The highest BCUT2D eigenvalue weighted by Crippen LogP contribution is 2.28. The van der Waals surface area contributed by atoms with E-state index in [2.05, 4.69) is 9.59 Å². The molecule has 2 heterocycles. The van der Waals surface area contributed by atoms with Crippen molar-refractivity contribution in [3.05, 3.63) is 39.9 Å². The SMILES string of the molecule is CC(C)c1nnsc1C(=O)N1Cc2ccc(N)cc2C1. The number of anilines is 1. The molecule has 0 spiro atoms. The zero-order valence-corrected chi connectivity index (χ0v) is 12.3. The highest BCUT2D eigenvalue weighted by Gasteiger charge is 2.28. The molecular formula is C14H16N4OS. The van der Waals surface area contributed by atoms with Gasteiger partial charge in [0.15, 0.2) is 0 Å². The highest BCUT2D eigenvalue weighted by molar-refractivity contribution is 7.08. The second-order valence-electron chi connectivity index (χ2n) is 5.33. The van der Waals surface area contributed by atoms with Crippen LogP contribution in [0, 0.1) is 0 Å². The number of benzene rings is 1. The minimum atomic E-state index is 0.0125. The van der Waals surface area contributed by atoms with E-state index in [9.17, 15) is 4.79 Å². The summed E-state index contributed by atoms with van der Waals surface area (Å²) in [5, 5.41) is 4.07. The molecule has 0 atom stereocenters. The Bertz CT molecular complexity index is 665. The van der Waals surface area contributed by atoms with E-state index in [0.29, 0.717) is 18.0 Å². The maximum atomic E-state index is 12.6. The van der Waals surface area contributed by atoms with Gasteiger partial charge in [0.2, 0.25) is 0 Å². The van der Waals surface area contributed by atoms with Gasteiger partial charge in [-0.25, -0.2) is 0 Å². The van der Waals surface area contributed by atoms with Gasteiger partial charge in [-0.3, -0.25) is 4.79 Å². The molecule has 0 bridgehead atoms. The van der Waals surface area contributed by atoms with E-state index < -0.39 is 0 Å². The number of fused-ring (bicyclic) bond motifs is 1. The first-order valence-electron chi connectivity index (χ1n) is 6.55. The molecule has 0 unspecified atom stereocenters. The molecule has 0 saturated carbocycles. The average Bonchev–Trinajstić information content (AvgIpc) is 3.03. The third-order valence-corrected chi connectivity index (χ3v) is 4.22. The van der Waals surface area contributed by atoms with Gasteiger partial charge in [-0.2, -0.15) is 0 Å². The summed E-state index contributed by atoms with van der Waals surface area (Å²) in [5.74, 6) is 0.215. The monoisotopic (exact) mass is 288 g/mol. The smallest absolute Gasteiger partial charge is 0.268 e. The summed E-state index contributed by atoms with van der Waals surface area (Å²) >= 11 is 1.18. The normalized spacial score (nSPS) is 13.8. The van der Waals surface area contributed by atoms with E-state index in [-0.39, 0.29) is 11.8 Å². The number of amides is 1. The van der Waals surface area contributed by atoms with Crippen molar-refractivity contribution in [2.75, 3.05) is 5.73 Å². The third kappa shape index (κ3) is 2.16. The number of hydrogen-bond acceptors (Lipinski definition) is 5. The third-order valence-electron chi connectivity index (χ3n) is 3.49. The van der Waals surface area contributed by atoms with E-state index in [1.54, 1.807) is 0 Å². The van der Waals surface area contributed by atoms with Gasteiger partial charge in [0, 0.05) is 18.8 Å². The van der Waals surface area contributed by atoms with Crippen molar-refractivity contribution >= 4 is 23.1 Å². The van der Waals surface area contributed by atoms with Crippen LogP contribution in [0.1, 0.15) is 46.3 Å². The van der Waals surface area contributed by atoms with Crippen molar-refractivity contribution in [2.24, 2.45) is 0 Å². The standard InChI is InChI=1S/C14H16N4OS/c1-8(2)12-13(20-17-16-12)14(19)18-6-9-3-4-11(15)5-10(9)7-18/h3-5,8H,6-7,15H2,1-2H3. The Kier molecular flexibility index (Phi) is 3.17. The Hall–Kier alpha value is -1.95. The van der Waals surface area contributed by atoms with Crippen LogP contribution in [0.2, 0.25) is 0 Å². The maximum Gasteiger partial charge on any atom is 0.268 e. The molecule has 1 amide bonds. The van der Waals surface area contributed by atoms with Gasteiger partial charge in [-0.05, 0) is 40.7 Å². The summed E-state index contributed by atoms with van der Waals surface area (Å²) in [6, 6.07) is 5.81. The van der Waals surface area contributed by atoms with E-state index in [4.69, 9.17) is 5.73 Å². The zero-order valence-electron chi connectivity index (χ0n) is 11.5. The van der Waals surface area contributed by atoms with Crippen LogP contribution in [0.4, 0.5) is 5.69 Å². The molecule has 1 aliphatic heterocycles. The number of carbonyl (C=O) groups is 1. The second kappa shape index (κ2) is 4.86. The Morgan fingerprint density at radius 1 is 1.35 bits per heavy atom. The molecule has 2 aromatic rings. The number of rotatable bonds is 2. The number of nitrogen functional groups attached to an aromatic ring is 1. The first-order valence-corrected chi connectivity index (χ1v) is 7.32. The van der Waals surface area contributed by atoms with E-state index >= 15 is 0 Å². The lowest BCUT2D eigenvalue weighted by molar-refractivity contribution is 0.0754. The fraction of sp³-hybridized carbons (Fsp3) is 0.357. The summed E-state index contributed by atoms with van der Waals surface area (Å²) < 4.78 is 3.92. The lowest BCUT2D eigenvalue weighted by Gasteiger charge is -2.15. The summed E-state index contributed by atoms with van der Waals surface area (Å²) in [6.07, 6.45) is 0. The fourth-order valence-corrected chi connectivity index (χ4v) is 3.21. The molecule has 104 valence electrons. The highest BCUT2D eigenvalue weighted by atomic mass is 32.1. The molecule has 0 aliphatic carbocycles. The molecule has 1 aromatic heterocycles. The number of nitrogens with two attached hydrogens (primary N) is 1. The quantitative estimate of drug-likeness (QED) is 0.861. The van der Waals surface area contributed by atoms with E-state index in [0.717, 1.165) is 22.5 Å². The van der Waals surface area contributed by atoms with E-state index in [1.165, 1.54) is 11.5 Å². The van der Waals surface area contributed by atoms with Crippen molar-refractivity contribution in [1.29, 1.82) is 0 Å². The summed E-state index contributed by atoms with van der Waals surface area (Å²) in [5.41, 5.74) is 9.60. The molecule has 6 heteroatoms. The van der Waals surface area contributed by atoms with Crippen LogP contribution in [0.3, 0.4) is 0 Å². The largest absolute Gasteiger partial charge is 0.399 e. The van der Waals surface area contributed by atoms with Gasteiger partial charge in [0.25, 0.3) is 5.91 Å². The van der Waals surface area contributed by atoms with Crippen LogP contribution in [0.25, 0.3) is 0 Å². The van der Waals surface area contributed by atoms with Gasteiger partial charge in [-0.1, -0.05) is 24.4 Å². The summed E-state index contributed by atoms with van der Waals surface area (Å²) in [6.45, 7) is 5.28. The lowest BCUT2D eigenvalue weighted by Crippen LogP contribution is -2.25. The van der Waals surface area contributed by atoms with Crippen LogP contribution < -0.4 is 5.73 Å². The predicted molar refractivity (Wildman–Crippen MR) is 78.4 cm³/mol. The number of hydrogen-bond donors (Lipinski definition) is 1. The van der Waals surface area contributed by atoms with Crippen molar-refractivity contribution in [3.63, 3.8) is 0 Å². The molecule has 20 heavy (non-hydrogen) atoms. The molecule has 2 N–H and O–H groups in total. The Labute approximate surface area is 121 Å². The van der Waals surface area contributed by atoms with Gasteiger partial charge >= 0.3 is 0 Å².